The van der Waals surface area contributed by atoms with Gasteiger partial charge in [-0.3, -0.25) is 0 Å². The van der Waals surface area contributed by atoms with E-state index in [4.69, 9.17) is 0 Å². The van der Waals surface area contributed by atoms with Crippen molar-refractivity contribution in [3.05, 3.63) is 24.3 Å². The Kier molecular flexibility index (Phi) is 118. The second-order valence-electron chi connectivity index (χ2n) is 9.94. The van der Waals surface area contributed by atoms with Crippen molar-refractivity contribution < 1.29 is 0 Å². The maximum atomic E-state index is 3.07. The van der Waals surface area contributed by atoms with Crippen LogP contribution in [0.3, 0.4) is 0 Å². The van der Waals surface area contributed by atoms with Crippen molar-refractivity contribution >= 4 is 151 Å². The number of hydrogen-bond acceptors (Lipinski definition) is 14. The Labute approximate surface area is 416 Å². The molecule has 14 heteroatoms. The van der Waals surface area contributed by atoms with Crippen molar-refractivity contribution in [3.63, 3.8) is 0 Å². The quantitative estimate of drug-likeness (QED) is 0.0290. The van der Waals surface area contributed by atoms with Crippen LogP contribution in [-0.2, 0) is 0 Å². The Morgan fingerprint density at radius 3 is 0.982 bits per heavy atom. The first-order chi connectivity index (χ1) is 27.5. The van der Waals surface area contributed by atoms with E-state index >= 15 is 0 Å². The van der Waals surface area contributed by atoms with Gasteiger partial charge in [-0.15, -0.1) is 11.8 Å². The molecule has 0 atom stereocenters. The first-order valence-electron chi connectivity index (χ1n) is 20.3. The first kappa shape index (κ1) is 74.8. The molecule has 0 heterocycles. The Bertz CT molecular complexity index is 701. The maximum absolute atomic E-state index is 3.07. The van der Waals surface area contributed by atoms with Crippen LogP contribution in [0.25, 0.3) is 0 Å². The summed E-state index contributed by atoms with van der Waals surface area (Å²) in [7, 11) is 27.0. The summed E-state index contributed by atoms with van der Waals surface area (Å²) in [6.07, 6.45) is 21.9. The molecule has 0 aliphatic heterocycles. The lowest BCUT2D eigenvalue weighted by Gasteiger charge is -1.96. The van der Waals surface area contributed by atoms with Crippen LogP contribution in [0.2, 0.25) is 0 Å². The number of hydrogen-bond donors (Lipinski definition) is 0. The third-order valence-corrected chi connectivity index (χ3v) is 21.3. The molecule has 0 amide bonds. The van der Waals surface area contributed by atoms with E-state index in [1.165, 1.54) is 83.9 Å². The van der Waals surface area contributed by atoms with Crippen molar-refractivity contribution in [2.45, 2.75) is 141 Å². The van der Waals surface area contributed by atoms with Crippen molar-refractivity contribution in [1.29, 1.82) is 0 Å². The fraction of sp³-hybridized carbons (Fsp3) is 0.814. The van der Waals surface area contributed by atoms with Crippen molar-refractivity contribution in [3.8, 4) is 23.7 Å². The molecule has 0 aliphatic rings. The van der Waals surface area contributed by atoms with Gasteiger partial charge in [-0.1, -0.05) is 271 Å². The summed E-state index contributed by atoms with van der Waals surface area (Å²) in [4.78, 5) is 0. The molecule has 0 spiro atoms. The fourth-order valence-electron chi connectivity index (χ4n) is 2.28. The largest absolute Gasteiger partial charge is 0.103 e. The Balaban J connectivity index is -0.000000106. The molecule has 344 valence electrons. The van der Waals surface area contributed by atoms with Gasteiger partial charge in [0.25, 0.3) is 0 Å². The van der Waals surface area contributed by atoms with Crippen molar-refractivity contribution in [1.82, 2.24) is 0 Å². The van der Waals surface area contributed by atoms with Gasteiger partial charge in [-0.2, -0.15) is 0 Å². The van der Waals surface area contributed by atoms with Gasteiger partial charge < -0.3 is 0 Å². The minimum absolute atomic E-state index is 0. The smallest absolute Gasteiger partial charge is 0.0651 e. The third-order valence-electron chi connectivity index (χ3n) is 4.58. The molecule has 0 N–H and O–H groups in total. The second kappa shape index (κ2) is 90.2. The Hall–Kier alpha value is 3.50. The molecule has 0 aromatic rings. The molecular formula is C43H88S14. The van der Waals surface area contributed by atoms with Crippen LogP contribution in [0.15, 0.2) is 24.3 Å². The predicted octanol–water partition coefficient (Wildman–Crippen LogP) is 20.7. The molecule has 0 aromatic carbocycles. The van der Waals surface area contributed by atoms with Crippen LogP contribution in [0, 0.1) is 23.7 Å². The monoisotopic (exact) mass is 1050 g/mol. The SMILES string of the molecule is C.CCC#CCSSCC#CCC.CCC=CCSSCC=CCC.CCCSSCCC.CCCSSCCC.CCSSCC.CCSSCCCSSC. The highest BCUT2D eigenvalue weighted by molar-refractivity contribution is 8.78. The minimum atomic E-state index is 0. The van der Waals surface area contributed by atoms with Crippen molar-refractivity contribution in [2.75, 3.05) is 81.0 Å². The molecule has 0 unspecified atom stereocenters. The van der Waals surface area contributed by atoms with Gasteiger partial charge in [-0.25, -0.2) is 0 Å². The molecule has 57 heavy (non-hydrogen) atoms. The highest BCUT2D eigenvalue weighted by atomic mass is 33.1. The average molecular weight is 1050 g/mol. The summed E-state index contributed by atoms with van der Waals surface area (Å²) in [5, 5.41) is 0. The van der Waals surface area contributed by atoms with E-state index in [2.05, 4.69) is 130 Å². The van der Waals surface area contributed by atoms with Gasteiger partial charge in [0.1, 0.15) is 0 Å². The molecule has 0 radical (unpaired) electrons. The van der Waals surface area contributed by atoms with E-state index in [1.54, 1.807) is 21.6 Å². The molecule has 0 aromatic heterocycles. The van der Waals surface area contributed by atoms with Crippen LogP contribution in [0.4, 0.5) is 0 Å². The zero-order valence-electron chi connectivity index (χ0n) is 37.6. The molecule has 0 rings (SSSR count). The van der Waals surface area contributed by atoms with Gasteiger partial charge >= 0.3 is 0 Å². The lowest BCUT2D eigenvalue weighted by atomic mass is 10.4. The van der Waals surface area contributed by atoms with E-state index in [1.807, 2.05) is 130 Å². The van der Waals surface area contributed by atoms with E-state index in [-0.39, 0.29) is 7.43 Å². The maximum Gasteiger partial charge on any atom is 0.0651 e. The molecule has 0 saturated carbocycles. The van der Waals surface area contributed by atoms with E-state index in [9.17, 15) is 0 Å². The minimum Gasteiger partial charge on any atom is -0.103 e. The van der Waals surface area contributed by atoms with Gasteiger partial charge in [0.05, 0.1) is 11.5 Å². The standard InChI is InChI=1S/C10H18S2.C10H14S2.C6H14S4.2C6H14S2.C4H10S2.CH4/c2*1-3-5-7-9-11-12-10-8-6-4-2;1-3-8-10-6-4-5-9-7-2;2*1-3-5-7-8-6-4-2;1-3-5-6-4-2;/h5-8H,3-4,9-10H2,1-2H3;3-4,9-10H2,1-2H3;3-6H2,1-2H3;2*3-6H2,1-2H3;3-4H2,1-2H3;1H4. The Morgan fingerprint density at radius 1 is 0.351 bits per heavy atom. The number of allylic oxidation sites excluding steroid dienone is 2. The van der Waals surface area contributed by atoms with Crippen LogP contribution < -0.4 is 0 Å². The van der Waals surface area contributed by atoms with Gasteiger partial charge in [-0.05, 0) is 51.2 Å². The van der Waals surface area contributed by atoms with Crippen LogP contribution in [-0.4, -0.2) is 81.0 Å². The zero-order valence-corrected chi connectivity index (χ0v) is 49.0. The molecular weight excluding hydrogens is 965 g/mol. The lowest BCUT2D eigenvalue weighted by molar-refractivity contribution is 1.11. The first-order valence-corrected chi connectivity index (χ1v) is 38.0. The molecule has 0 bridgehead atoms. The molecule has 0 saturated heterocycles. The summed E-state index contributed by atoms with van der Waals surface area (Å²) in [6, 6.07) is 0. The number of rotatable bonds is 30. The molecule has 0 fully saturated rings. The summed E-state index contributed by atoms with van der Waals surface area (Å²) in [6.45, 7) is 23.9. The predicted molar refractivity (Wildman–Crippen MR) is 320 cm³/mol. The van der Waals surface area contributed by atoms with E-state index in [0.717, 1.165) is 48.7 Å². The average Bonchev–Trinajstić information content (AvgIpc) is 3.22. The highest BCUT2D eigenvalue weighted by Crippen LogP contribution is 2.25. The highest BCUT2D eigenvalue weighted by Gasteiger charge is 1.89. The van der Waals surface area contributed by atoms with Gasteiger partial charge in [0, 0.05) is 76.1 Å². The van der Waals surface area contributed by atoms with Gasteiger partial charge in [0.15, 0.2) is 0 Å². The summed E-state index contributed by atoms with van der Waals surface area (Å²) in [5.74, 6) is 27.9. The molecule has 0 nitrogen and oxygen atoms in total. The fourth-order valence-corrected chi connectivity index (χ4v) is 14.4. The van der Waals surface area contributed by atoms with Crippen LogP contribution in [0.5, 0.6) is 0 Å². The van der Waals surface area contributed by atoms with E-state index in [0.29, 0.717) is 0 Å². The molecule has 0 aliphatic carbocycles. The topological polar surface area (TPSA) is 0 Å². The van der Waals surface area contributed by atoms with Crippen LogP contribution in [0.1, 0.15) is 141 Å². The van der Waals surface area contributed by atoms with Crippen LogP contribution >= 0.6 is 151 Å². The second-order valence-corrected chi connectivity index (χ2v) is 29.0. The summed E-state index contributed by atoms with van der Waals surface area (Å²) >= 11 is 0. The summed E-state index contributed by atoms with van der Waals surface area (Å²) < 4.78 is 0. The normalized spacial score (nSPS) is 9.61. The van der Waals surface area contributed by atoms with Gasteiger partial charge in [0.2, 0.25) is 0 Å². The lowest BCUT2D eigenvalue weighted by Crippen LogP contribution is -1.79. The zero-order chi connectivity index (χ0) is 43.1. The third kappa shape index (κ3) is 114. The van der Waals surface area contributed by atoms with E-state index < -0.39 is 0 Å². The summed E-state index contributed by atoms with van der Waals surface area (Å²) in [5.41, 5.74) is 0. The Morgan fingerprint density at radius 2 is 0.684 bits per heavy atom. The van der Waals surface area contributed by atoms with Crippen molar-refractivity contribution in [2.24, 2.45) is 0 Å².